The predicted octanol–water partition coefficient (Wildman–Crippen LogP) is 4.81. The Balaban J connectivity index is 1.38. The van der Waals surface area contributed by atoms with E-state index in [1.165, 1.54) is 12.1 Å². The van der Waals surface area contributed by atoms with E-state index in [2.05, 4.69) is 0 Å². The minimum absolute atomic E-state index is 0.103. The number of phenolic OH excluding ortho intramolecular Hbond substituents is 2. The fourth-order valence-electron chi connectivity index (χ4n) is 4.66. The number of rotatable bonds is 3. The van der Waals surface area contributed by atoms with Crippen LogP contribution in [-0.4, -0.2) is 21.4 Å². The largest absolute Gasteiger partial charge is 0.508 e. The van der Waals surface area contributed by atoms with Crippen LogP contribution < -0.4 is 14.2 Å². The molecule has 0 amide bonds. The zero-order valence-electron chi connectivity index (χ0n) is 18.1. The molecule has 2 unspecified atom stereocenters. The summed E-state index contributed by atoms with van der Waals surface area (Å²) >= 11 is 0. The summed E-state index contributed by atoms with van der Waals surface area (Å²) in [5, 5.41) is 30.8. The van der Waals surface area contributed by atoms with Crippen LogP contribution in [0.3, 0.4) is 0 Å². The van der Waals surface area contributed by atoms with Crippen LogP contribution in [-0.2, 0) is 12.2 Å². The van der Waals surface area contributed by atoms with Crippen molar-refractivity contribution in [2.75, 3.05) is 0 Å². The van der Waals surface area contributed by atoms with Gasteiger partial charge in [0.25, 0.3) is 0 Å². The monoisotopic (exact) mass is 454 g/mol. The van der Waals surface area contributed by atoms with E-state index in [-0.39, 0.29) is 17.9 Å². The van der Waals surface area contributed by atoms with Gasteiger partial charge in [-0.3, -0.25) is 0 Å². The van der Waals surface area contributed by atoms with E-state index in [0.717, 1.165) is 11.1 Å². The lowest BCUT2D eigenvalue weighted by atomic mass is 9.94. The molecule has 0 bridgehead atoms. The number of phenols is 2. The quantitative estimate of drug-likeness (QED) is 0.412. The Kier molecular flexibility index (Phi) is 4.64. The molecule has 6 rings (SSSR count). The first-order valence-corrected chi connectivity index (χ1v) is 11.1. The van der Waals surface area contributed by atoms with Gasteiger partial charge in [0, 0.05) is 35.2 Å². The molecule has 0 aliphatic carbocycles. The summed E-state index contributed by atoms with van der Waals surface area (Å²) in [4.78, 5) is 0. The van der Waals surface area contributed by atoms with Gasteiger partial charge in [0.1, 0.15) is 23.4 Å². The zero-order valence-corrected chi connectivity index (χ0v) is 18.1. The average molecular weight is 454 g/mol. The van der Waals surface area contributed by atoms with Gasteiger partial charge in [0.15, 0.2) is 11.5 Å². The molecule has 34 heavy (non-hydrogen) atoms. The minimum Gasteiger partial charge on any atom is -0.508 e. The molecule has 0 aromatic heterocycles. The van der Waals surface area contributed by atoms with Gasteiger partial charge in [-0.25, -0.2) is 0 Å². The summed E-state index contributed by atoms with van der Waals surface area (Å²) in [6, 6.07) is 27.6. The molecule has 4 aromatic rings. The smallest absolute Gasteiger partial charge is 0.305 e. The Labute approximate surface area is 196 Å². The first-order chi connectivity index (χ1) is 16.5. The Bertz CT molecular complexity index is 1310. The fraction of sp³-hybridized carbons (Fsp3) is 0.143. The highest BCUT2D eigenvalue weighted by Crippen LogP contribution is 2.49. The maximum Gasteiger partial charge on any atom is 0.305 e. The predicted molar refractivity (Wildman–Crippen MR) is 124 cm³/mol. The van der Waals surface area contributed by atoms with Gasteiger partial charge in [0.2, 0.25) is 0 Å². The summed E-state index contributed by atoms with van der Waals surface area (Å²) in [6.07, 6.45) is -1.40. The zero-order chi connectivity index (χ0) is 23.3. The second-order valence-electron chi connectivity index (χ2n) is 8.51. The van der Waals surface area contributed by atoms with Gasteiger partial charge in [-0.1, -0.05) is 66.7 Å². The summed E-state index contributed by atoms with van der Waals surface area (Å²) in [5.41, 5.74) is 2.87. The minimum atomic E-state index is -1.14. The highest BCUT2D eigenvalue weighted by atomic mass is 16.7. The molecule has 0 saturated heterocycles. The first-order valence-electron chi connectivity index (χ1n) is 11.1. The Morgan fingerprint density at radius 3 is 2.03 bits per heavy atom. The lowest BCUT2D eigenvalue weighted by molar-refractivity contribution is -0.0459. The fourth-order valence-corrected chi connectivity index (χ4v) is 4.66. The lowest BCUT2D eigenvalue weighted by Gasteiger charge is -2.31. The molecule has 6 heteroatoms. The summed E-state index contributed by atoms with van der Waals surface area (Å²) in [5.74, 6) is 0.109. The first kappa shape index (κ1) is 20.4. The second kappa shape index (κ2) is 7.71. The van der Waals surface area contributed by atoms with Crippen molar-refractivity contribution in [3.8, 4) is 28.7 Å². The third kappa shape index (κ3) is 3.23. The molecule has 0 radical (unpaired) electrons. The molecule has 0 spiro atoms. The van der Waals surface area contributed by atoms with Crippen LogP contribution in [0.2, 0.25) is 0 Å². The van der Waals surface area contributed by atoms with Crippen LogP contribution in [0.1, 0.15) is 28.4 Å². The molecule has 2 aliphatic heterocycles. The molecule has 0 saturated carbocycles. The number of benzene rings is 4. The van der Waals surface area contributed by atoms with Crippen molar-refractivity contribution in [1.82, 2.24) is 0 Å². The molecule has 170 valence electrons. The molecular weight excluding hydrogens is 432 g/mol. The number of hydrogen-bond donors (Lipinski definition) is 3. The van der Waals surface area contributed by atoms with Crippen LogP contribution in [0.5, 0.6) is 28.7 Å². The van der Waals surface area contributed by atoms with E-state index in [4.69, 9.17) is 14.2 Å². The van der Waals surface area contributed by atoms with E-state index < -0.39 is 18.0 Å². The van der Waals surface area contributed by atoms with Gasteiger partial charge in [0.05, 0.1) is 6.10 Å². The molecule has 4 aromatic carbocycles. The van der Waals surface area contributed by atoms with Gasteiger partial charge in [-0.15, -0.1) is 0 Å². The maximum atomic E-state index is 10.8. The number of ether oxygens (including phenoxy) is 3. The highest BCUT2D eigenvalue weighted by Gasteiger charge is 2.46. The number of fused-ring (bicyclic) bond motifs is 2. The Hall–Kier alpha value is -4.16. The van der Waals surface area contributed by atoms with E-state index in [1.54, 1.807) is 0 Å². The van der Waals surface area contributed by atoms with Gasteiger partial charge in [-0.2, -0.15) is 0 Å². The molecule has 3 N–H and O–H groups in total. The molecule has 0 fully saturated rings. The lowest BCUT2D eigenvalue weighted by Crippen LogP contribution is -2.36. The average Bonchev–Trinajstić information content (AvgIpc) is 3.25. The van der Waals surface area contributed by atoms with Crippen molar-refractivity contribution >= 4 is 0 Å². The third-order valence-corrected chi connectivity index (χ3v) is 6.30. The van der Waals surface area contributed by atoms with Crippen LogP contribution in [0.25, 0.3) is 0 Å². The normalized spacial score (nSPS) is 19.8. The number of hydrogen-bond acceptors (Lipinski definition) is 6. The van der Waals surface area contributed by atoms with E-state index in [9.17, 15) is 15.3 Å². The van der Waals surface area contributed by atoms with Crippen molar-refractivity contribution in [2.24, 2.45) is 0 Å². The molecule has 2 heterocycles. The second-order valence-corrected chi connectivity index (χ2v) is 8.51. The molecule has 2 aliphatic rings. The standard InChI is InChI=1S/C28H22O6/c29-20-14-22(30)21-16-23(31)27(32-25(21)15-20)17-11-12-24-26(13-17)34-28(33-24,18-7-3-1-4-8-18)19-9-5-2-6-10-19/h1-15,23,27,29-31H,16H2. The Morgan fingerprint density at radius 1 is 0.706 bits per heavy atom. The summed E-state index contributed by atoms with van der Waals surface area (Å²) in [7, 11) is 0. The van der Waals surface area contributed by atoms with Gasteiger partial charge >= 0.3 is 5.79 Å². The van der Waals surface area contributed by atoms with E-state index in [1.807, 2.05) is 78.9 Å². The number of aromatic hydroxyl groups is 2. The number of aliphatic hydroxyl groups excluding tert-OH is 1. The Morgan fingerprint density at radius 2 is 1.35 bits per heavy atom. The summed E-state index contributed by atoms with van der Waals surface area (Å²) in [6.45, 7) is 0. The third-order valence-electron chi connectivity index (χ3n) is 6.30. The van der Waals surface area contributed by atoms with E-state index in [0.29, 0.717) is 28.4 Å². The van der Waals surface area contributed by atoms with Gasteiger partial charge in [-0.05, 0) is 17.7 Å². The van der Waals surface area contributed by atoms with Crippen LogP contribution >= 0.6 is 0 Å². The SMILES string of the molecule is Oc1cc(O)c2c(c1)OC(c1ccc3c(c1)OC(c1ccccc1)(c1ccccc1)O3)C(O)C2. The van der Waals surface area contributed by atoms with Crippen LogP contribution in [0, 0.1) is 0 Å². The van der Waals surface area contributed by atoms with Crippen molar-refractivity contribution in [3.63, 3.8) is 0 Å². The van der Waals surface area contributed by atoms with Crippen molar-refractivity contribution < 1.29 is 29.5 Å². The molecule has 6 nitrogen and oxygen atoms in total. The molecule has 2 atom stereocenters. The molecular formula is C28H22O6. The van der Waals surface area contributed by atoms with Crippen molar-refractivity contribution in [3.05, 3.63) is 113 Å². The van der Waals surface area contributed by atoms with Crippen LogP contribution in [0.15, 0.2) is 91.0 Å². The van der Waals surface area contributed by atoms with Crippen LogP contribution in [0.4, 0.5) is 0 Å². The number of aliphatic hydroxyl groups is 1. The van der Waals surface area contributed by atoms with Crippen molar-refractivity contribution in [1.29, 1.82) is 0 Å². The van der Waals surface area contributed by atoms with Gasteiger partial charge < -0.3 is 29.5 Å². The topological polar surface area (TPSA) is 88.4 Å². The summed E-state index contributed by atoms with van der Waals surface area (Å²) < 4.78 is 18.9. The van der Waals surface area contributed by atoms with Crippen molar-refractivity contribution in [2.45, 2.75) is 24.4 Å². The maximum absolute atomic E-state index is 10.8. The van der Waals surface area contributed by atoms with E-state index >= 15 is 0 Å². The highest BCUT2D eigenvalue weighted by molar-refractivity contribution is 5.54.